The van der Waals surface area contributed by atoms with Crippen molar-refractivity contribution in [2.24, 2.45) is 11.7 Å². The number of carbonyl (C=O) groups excluding carboxylic acids is 1. The van der Waals surface area contributed by atoms with E-state index in [0.717, 1.165) is 12.3 Å². The Morgan fingerprint density at radius 3 is 2.69 bits per heavy atom. The first-order valence-electron chi connectivity index (χ1n) is 5.13. The molecule has 1 aliphatic rings. The average Bonchev–Trinajstić information content (AvgIpc) is 2.51. The van der Waals surface area contributed by atoms with Gasteiger partial charge in [0, 0.05) is 6.42 Å². The van der Waals surface area contributed by atoms with E-state index in [0.29, 0.717) is 6.42 Å². The monoisotopic (exact) mass is 185 g/mol. The normalized spacial score (nSPS) is 20.2. The molecule has 0 aromatic carbocycles. The molecule has 0 bridgehead atoms. The van der Waals surface area contributed by atoms with Crippen LogP contribution in [0.2, 0.25) is 0 Å². The molecule has 0 spiro atoms. The summed E-state index contributed by atoms with van der Waals surface area (Å²) in [5.74, 6) is 0.600. The molecule has 1 aliphatic carbocycles. The van der Waals surface area contributed by atoms with Crippen LogP contribution in [0.5, 0.6) is 0 Å². The van der Waals surface area contributed by atoms with Crippen molar-refractivity contribution in [1.29, 1.82) is 0 Å². The first-order valence-corrected chi connectivity index (χ1v) is 5.13. The van der Waals surface area contributed by atoms with E-state index >= 15 is 0 Å². The van der Waals surface area contributed by atoms with E-state index in [1.165, 1.54) is 25.7 Å². The van der Waals surface area contributed by atoms with Crippen LogP contribution in [-0.4, -0.2) is 12.2 Å². The van der Waals surface area contributed by atoms with E-state index in [9.17, 15) is 4.79 Å². The molecule has 0 radical (unpaired) electrons. The molecular weight excluding hydrogens is 166 g/mol. The van der Waals surface area contributed by atoms with Gasteiger partial charge in [0.1, 0.15) is 6.23 Å². The van der Waals surface area contributed by atoms with Gasteiger partial charge >= 0.3 is 5.97 Å². The molecule has 1 saturated carbocycles. The van der Waals surface area contributed by atoms with E-state index in [-0.39, 0.29) is 5.97 Å². The van der Waals surface area contributed by atoms with Crippen LogP contribution in [-0.2, 0) is 9.53 Å². The fourth-order valence-corrected chi connectivity index (χ4v) is 1.89. The Kier molecular flexibility index (Phi) is 4.22. The summed E-state index contributed by atoms with van der Waals surface area (Å²) in [6, 6.07) is 0. The van der Waals surface area contributed by atoms with Gasteiger partial charge in [0.2, 0.25) is 0 Å². The molecule has 0 aromatic rings. The Morgan fingerprint density at radius 1 is 1.54 bits per heavy atom. The van der Waals surface area contributed by atoms with Crippen LogP contribution in [0.1, 0.15) is 45.4 Å². The van der Waals surface area contributed by atoms with Gasteiger partial charge in [0.25, 0.3) is 0 Å². The van der Waals surface area contributed by atoms with Crippen molar-refractivity contribution in [3.05, 3.63) is 0 Å². The highest BCUT2D eigenvalue weighted by Gasteiger charge is 2.16. The van der Waals surface area contributed by atoms with Crippen molar-refractivity contribution >= 4 is 5.97 Å². The third-order valence-corrected chi connectivity index (χ3v) is 2.55. The summed E-state index contributed by atoms with van der Waals surface area (Å²) in [6.07, 6.45) is 6.27. The van der Waals surface area contributed by atoms with Gasteiger partial charge in [-0.15, -0.1) is 0 Å². The predicted molar refractivity (Wildman–Crippen MR) is 50.9 cm³/mol. The van der Waals surface area contributed by atoms with Crippen molar-refractivity contribution in [2.75, 3.05) is 0 Å². The maximum Gasteiger partial charge on any atom is 0.307 e. The number of hydrogen-bond acceptors (Lipinski definition) is 3. The van der Waals surface area contributed by atoms with Crippen LogP contribution in [0.15, 0.2) is 0 Å². The Labute approximate surface area is 79.6 Å². The molecule has 0 aliphatic heterocycles. The molecule has 76 valence electrons. The molecular formula is C10H19NO2. The van der Waals surface area contributed by atoms with E-state index in [4.69, 9.17) is 10.5 Å². The van der Waals surface area contributed by atoms with Gasteiger partial charge in [-0.25, -0.2) is 0 Å². The summed E-state index contributed by atoms with van der Waals surface area (Å²) in [6.45, 7) is 1.67. The van der Waals surface area contributed by atoms with Gasteiger partial charge in [-0.1, -0.05) is 25.7 Å². The number of esters is 1. The highest BCUT2D eigenvalue weighted by Crippen LogP contribution is 2.28. The average molecular weight is 185 g/mol. The molecule has 0 heterocycles. The summed E-state index contributed by atoms with van der Waals surface area (Å²) in [5, 5.41) is 0. The van der Waals surface area contributed by atoms with Crippen molar-refractivity contribution in [1.82, 2.24) is 0 Å². The molecule has 1 rings (SSSR count). The summed E-state index contributed by atoms with van der Waals surface area (Å²) < 4.78 is 4.85. The summed E-state index contributed by atoms with van der Waals surface area (Å²) >= 11 is 0. The zero-order valence-corrected chi connectivity index (χ0v) is 8.29. The molecule has 1 unspecified atom stereocenters. The summed E-state index contributed by atoms with van der Waals surface area (Å²) in [7, 11) is 0. The van der Waals surface area contributed by atoms with Crippen molar-refractivity contribution < 1.29 is 9.53 Å². The SMILES string of the molecule is CC(N)OC(=O)CCC1CCCC1. The van der Waals surface area contributed by atoms with E-state index in [1.54, 1.807) is 6.92 Å². The van der Waals surface area contributed by atoms with Gasteiger partial charge in [0.15, 0.2) is 0 Å². The van der Waals surface area contributed by atoms with Crippen molar-refractivity contribution in [3.63, 3.8) is 0 Å². The van der Waals surface area contributed by atoms with E-state index in [2.05, 4.69) is 0 Å². The predicted octanol–water partition coefficient (Wildman–Crippen LogP) is 1.80. The molecule has 13 heavy (non-hydrogen) atoms. The standard InChI is InChI=1S/C10H19NO2/c1-8(11)13-10(12)7-6-9-4-2-3-5-9/h8-9H,2-7,11H2,1H3. The van der Waals surface area contributed by atoms with Crippen molar-refractivity contribution in [3.8, 4) is 0 Å². The number of nitrogens with two attached hydrogens (primary N) is 1. The maximum absolute atomic E-state index is 11.1. The van der Waals surface area contributed by atoms with Gasteiger partial charge in [-0.2, -0.15) is 0 Å². The summed E-state index contributed by atoms with van der Waals surface area (Å²) in [4.78, 5) is 11.1. The lowest BCUT2D eigenvalue weighted by Gasteiger charge is -2.10. The molecule has 0 amide bonds. The molecule has 2 N–H and O–H groups in total. The minimum atomic E-state index is -0.462. The fraction of sp³-hybridized carbons (Fsp3) is 0.900. The second kappa shape index (κ2) is 5.22. The first-order chi connectivity index (χ1) is 6.18. The zero-order chi connectivity index (χ0) is 9.68. The first kappa shape index (κ1) is 10.5. The lowest BCUT2D eigenvalue weighted by molar-refractivity contribution is -0.148. The van der Waals surface area contributed by atoms with Gasteiger partial charge < -0.3 is 4.74 Å². The molecule has 1 atom stereocenters. The second-order valence-electron chi connectivity index (χ2n) is 3.88. The maximum atomic E-state index is 11.1. The smallest absolute Gasteiger partial charge is 0.307 e. The van der Waals surface area contributed by atoms with Crippen LogP contribution >= 0.6 is 0 Å². The Morgan fingerprint density at radius 2 is 2.15 bits per heavy atom. The molecule has 1 fully saturated rings. The topological polar surface area (TPSA) is 52.3 Å². The Hall–Kier alpha value is -0.570. The Bertz CT molecular complexity index is 162. The lowest BCUT2D eigenvalue weighted by Crippen LogP contribution is -2.23. The highest BCUT2D eigenvalue weighted by molar-refractivity contribution is 5.69. The lowest BCUT2D eigenvalue weighted by atomic mass is 10.0. The molecule has 3 heteroatoms. The van der Waals surface area contributed by atoms with E-state index in [1.807, 2.05) is 0 Å². The van der Waals surface area contributed by atoms with Crippen LogP contribution < -0.4 is 5.73 Å². The molecule has 3 nitrogen and oxygen atoms in total. The van der Waals surface area contributed by atoms with Crippen LogP contribution in [0.4, 0.5) is 0 Å². The zero-order valence-electron chi connectivity index (χ0n) is 8.29. The van der Waals surface area contributed by atoms with Gasteiger partial charge in [-0.3, -0.25) is 10.5 Å². The number of carbonyl (C=O) groups is 1. The number of ether oxygens (including phenoxy) is 1. The minimum absolute atomic E-state index is 0.151. The van der Waals surface area contributed by atoms with Gasteiger partial charge in [0.05, 0.1) is 0 Å². The number of hydrogen-bond donors (Lipinski definition) is 1. The van der Waals surface area contributed by atoms with E-state index < -0.39 is 6.23 Å². The van der Waals surface area contributed by atoms with Crippen LogP contribution in [0.3, 0.4) is 0 Å². The third kappa shape index (κ3) is 4.27. The minimum Gasteiger partial charge on any atom is -0.447 e. The number of rotatable bonds is 4. The van der Waals surface area contributed by atoms with Crippen LogP contribution in [0, 0.1) is 5.92 Å². The largest absolute Gasteiger partial charge is 0.447 e. The quantitative estimate of drug-likeness (QED) is 0.536. The second-order valence-corrected chi connectivity index (χ2v) is 3.88. The van der Waals surface area contributed by atoms with Crippen molar-refractivity contribution in [2.45, 2.75) is 51.7 Å². The third-order valence-electron chi connectivity index (χ3n) is 2.55. The van der Waals surface area contributed by atoms with Gasteiger partial charge in [-0.05, 0) is 19.3 Å². The molecule has 0 saturated heterocycles. The Balaban J connectivity index is 2.07. The molecule has 0 aromatic heterocycles. The van der Waals surface area contributed by atoms with Crippen LogP contribution in [0.25, 0.3) is 0 Å². The fourth-order valence-electron chi connectivity index (χ4n) is 1.89. The highest BCUT2D eigenvalue weighted by atomic mass is 16.5. The summed E-state index contributed by atoms with van der Waals surface area (Å²) in [5.41, 5.74) is 5.33.